The molecule has 28 heavy (non-hydrogen) atoms. The highest BCUT2D eigenvalue weighted by Gasteiger charge is 2.43. The van der Waals surface area contributed by atoms with Crippen LogP contribution in [0.1, 0.15) is 30.9 Å². The van der Waals surface area contributed by atoms with Gasteiger partial charge in [0.05, 0.1) is 33.9 Å². The van der Waals surface area contributed by atoms with E-state index in [0.717, 1.165) is 25.3 Å². The van der Waals surface area contributed by atoms with Crippen LogP contribution < -0.4 is 5.32 Å². The molecular weight excluding hydrogens is 399 g/mol. The molecule has 1 N–H and O–H groups in total. The number of nitrogens with one attached hydrogen (secondary N) is 1. The lowest BCUT2D eigenvalue weighted by Gasteiger charge is -2.31. The largest absolute Gasteiger partial charge is 0.332 e. The normalized spacial score (nSPS) is 23.3. The Morgan fingerprint density at radius 1 is 1.11 bits per heavy atom. The number of carbonyl (C=O) groups is 2. The number of likely N-dealkylation sites (tertiary alicyclic amines) is 1. The Balaban J connectivity index is 1.58. The second kappa shape index (κ2) is 7.93. The summed E-state index contributed by atoms with van der Waals surface area (Å²) in [6.45, 7) is 4.15. The van der Waals surface area contributed by atoms with E-state index in [1.54, 1.807) is 25.2 Å². The molecule has 1 aromatic carbocycles. The number of likely N-dealkylation sites (N-methyl/N-ethyl adjacent to an activating group) is 1. The lowest BCUT2D eigenvalue weighted by atomic mass is 9.95. The zero-order valence-corrected chi connectivity index (χ0v) is 17.4. The lowest BCUT2D eigenvalue weighted by molar-refractivity contribution is -0.126. The van der Waals surface area contributed by atoms with Crippen molar-refractivity contribution >= 4 is 35.1 Å². The van der Waals surface area contributed by atoms with Gasteiger partial charge >= 0.3 is 6.03 Å². The van der Waals surface area contributed by atoms with Crippen LogP contribution in [0.2, 0.25) is 10.0 Å². The average Bonchev–Trinajstić information content (AvgIpc) is 3.03. The first kappa shape index (κ1) is 19.6. The summed E-state index contributed by atoms with van der Waals surface area (Å²) >= 11 is 12.6. The molecule has 6 nitrogen and oxygen atoms in total. The Labute approximate surface area is 175 Å². The number of halogens is 2. The van der Waals surface area contributed by atoms with Gasteiger partial charge in [0.25, 0.3) is 5.91 Å². The topological polar surface area (TPSA) is 55.9 Å². The Morgan fingerprint density at radius 2 is 1.86 bits per heavy atom. The van der Waals surface area contributed by atoms with Gasteiger partial charge in [0.15, 0.2) is 0 Å². The van der Waals surface area contributed by atoms with Crippen molar-refractivity contribution in [2.45, 2.75) is 25.3 Å². The minimum Gasteiger partial charge on any atom is -0.332 e. The van der Waals surface area contributed by atoms with Crippen LogP contribution in [-0.4, -0.2) is 66.4 Å². The maximum Gasteiger partial charge on any atom is 0.322 e. The molecule has 3 heterocycles. The van der Waals surface area contributed by atoms with E-state index in [9.17, 15) is 9.59 Å². The van der Waals surface area contributed by atoms with Crippen LogP contribution in [0.15, 0.2) is 29.5 Å². The summed E-state index contributed by atoms with van der Waals surface area (Å²) in [7, 11) is 1.70. The summed E-state index contributed by atoms with van der Waals surface area (Å²) in [5, 5.41) is 3.68. The summed E-state index contributed by atoms with van der Waals surface area (Å²) in [6, 6.07) is 4.45. The van der Waals surface area contributed by atoms with Crippen molar-refractivity contribution in [3.63, 3.8) is 0 Å². The number of urea groups is 1. The first-order valence-electron chi connectivity index (χ1n) is 9.70. The minimum atomic E-state index is -0.586. The number of amides is 3. The van der Waals surface area contributed by atoms with Crippen molar-refractivity contribution in [3.8, 4) is 0 Å². The molecule has 1 aromatic rings. The number of piperidine rings is 1. The summed E-state index contributed by atoms with van der Waals surface area (Å²) in [5.41, 5.74) is 1.98. The van der Waals surface area contributed by atoms with Gasteiger partial charge in [-0.15, -0.1) is 0 Å². The van der Waals surface area contributed by atoms with E-state index < -0.39 is 6.04 Å². The molecule has 0 radical (unpaired) electrons. The van der Waals surface area contributed by atoms with Gasteiger partial charge in [-0.2, -0.15) is 0 Å². The average molecular weight is 423 g/mol. The molecule has 0 spiro atoms. The van der Waals surface area contributed by atoms with Gasteiger partial charge in [-0.05, 0) is 37.6 Å². The van der Waals surface area contributed by atoms with Crippen LogP contribution in [0.25, 0.3) is 0 Å². The van der Waals surface area contributed by atoms with E-state index in [0.29, 0.717) is 34.3 Å². The van der Waals surface area contributed by atoms with Gasteiger partial charge in [0.1, 0.15) is 0 Å². The highest BCUT2D eigenvalue weighted by atomic mass is 35.5. The van der Waals surface area contributed by atoms with Crippen molar-refractivity contribution in [2.24, 2.45) is 0 Å². The molecule has 0 saturated carbocycles. The molecule has 1 atom stereocenters. The van der Waals surface area contributed by atoms with Gasteiger partial charge < -0.3 is 15.1 Å². The van der Waals surface area contributed by atoms with Crippen LogP contribution in [0.5, 0.6) is 0 Å². The van der Waals surface area contributed by atoms with Crippen molar-refractivity contribution < 1.29 is 9.59 Å². The van der Waals surface area contributed by atoms with E-state index >= 15 is 0 Å². The summed E-state index contributed by atoms with van der Waals surface area (Å²) in [6.07, 6.45) is 3.73. The number of hydrogen-bond donors (Lipinski definition) is 1. The molecule has 1 saturated heterocycles. The first-order valence-corrected chi connectivity index (χ1v) is 10.5. The van der Waals surface area contributed by atoms with Crippen molar-refractivity contribution in [1.29, 1.82) is 0 Å². The molecule has 1 fully saturated rings. The summed E-state index contributed by atoms with van der Waals surface area (Å²) in [5.74, 6) is -0.0418. The van der Waals surface area contributed by atoms with Crippen LogP contribution in [-0.2, 0) is 4.79 Å². The number of benzene rings is 1. The number of carbonyl (C=O) groups excluding carboxylic acids is 2. The highest BCUT2D eigenvalue weighted by molar-refractivity contribution is 6.42. The van der Waals surface area contributed by atoms with E-state index in [-0.39, 0.29) is 11.9 Å². The van der Waals surface area contributed by atoms with E-state index in [1.165, 1.54) is 24.2 Å². The number of rotatable bonds is 4. The maximum absolute atomic E-state index is 13.2. The Hall–Kier alpha value is -1.76. The molecule has 3 amide bonds. The van der Waals surface area contributed by atoms with Crippen molar-refractivity contribution in [2.75, 3.05) is 39.8 Å². The third-order valence-corrected chi connectivity index (χ3v) is 6.70. The molecule has 0 bridgehead atoms. The van der Waals surface area contributed by atoms with E-state index in [1.807, 2.05) is 4.90 Å². The highest BCUT2D eigenvalue weighted by Crippen LogP contribution is 2.39. The number of nitrogens with zero attached hydrogens (tertiary/aromatic N) is 3. The second-order valence-electron chi connectivity index (χ2n) is 7.57. The zero-order valence-electron chi connectivity index (χ0n) is 15.9. The molecule has 4 rings (SSSR count). The molecule has 8 heteroatoms. The molecule has 3 aliphatic heterocycles. The molecular formula is C20H24Cl2N4O2. The monoisotopic (exact) mass is 422 g/mol. The molecule has 150 valence electrons. The smallest absolute Gasteiger partial charge is 0.322 e. The standard InChI is InChI=1S/C20H24Cl2N4O2/c1-24-15-12-26(11-10-25-8-3-2-4-9-25)19(27)16(15)18(23-20(24)28)13-6-5-7-14(21)17(13)22/h5-7,18H,2-4,8-12H2,1H3,(H,23,28)/t18-/m1/s1. The van der Waals surface area contributed by atoms with Crippen LogP contribution in [0.3, 0.4) is 0 Å². The Morgan fingerprint density at radius 3 is 2.61 bits per heavy atom. The molecule has 0 unspecified atom stereocenters. The third-order valence-electron chi connectivity index (χ3n) is 5.86. The zero-order chi connectivity index (χ0) is 19.8. The van der Waals surface area contributed by atoms with Gasteiger partial charge in [-0.25, -0.2) is 4.79 Å². The summed E-state index contributed by atoms with van der Waals surface area (Å²) in [4.78, 5) is 31.5. The van der Waals surface area contributed by atoms with Gasteiger partial charge in [-0.3, -0.25) is 9.69 Å². The lowest BCUT2D eigenvalue weighted by Crippen LogP contribution is -2.45. The van der Waals surface area contributed by atoms with Gasteiger partial charge in [0.2, 0.25) is 0 Å². The third kappa shape index (κ3) is 3.49. The minimum absolute atomic E-state index is 0.0418. The predicted octanol–water partition coefficient (Wildman–Crippen LogP) is 3.27. The van der Waals surface area contributed by atoms with Crippen LogP contribution >= 0.6 is 23.2 Å². The molecule has 0 aromatic heterocycles. The van der Waals surface area contributed by atoms with E-state index in [2.05, 4.69) is 10.2 Å². The van der Waals surface area contributed by atoms with Crippen LogP contribution in [0.4, 0.5) is 4.79 Å². The summed E-state index contributed by atoms with van der Waals surface area (Å²) < 4.78 is 0. The van der Waals surface area contributed by atoms with Crippen molar-refractivity contribution in [1.82, 2.24) is 20.0 Å². The van der Waals surface area contributed by atoms with Crippen LogP contribution in [0, 0.1) is 0 Å². The fraction of sp³-hybridized carbons (Fsp3) is 0.500. The fourth-order valence-corrected chi connectivity index (χ4v) is 4.64. The quantitative estimate of drug-likeness (QED) is 0.809. The first-order chi connectivity index (χ1) is 13.5. The SMILES string of the molecule is CN1C(=O)N[C@H](c2cccc(Cl)c2Cl)C2=C1CN(CCN1CCCCC1)C2=O. The molecule has 3 aliphatic rings. The Bertz CT molecular complexity index is 835. The van der Waals surface area contributed by atoms with Gasteiger partial charge in [-0.1, -0.05) is 41.8 Å². The van der Waals surface area contributed by atoms with Crippen molar-refractivity contribution in [3.05, 3.63) is 45.1 Å². The predicted molar refractivity (Wildman–Crippen MR) is 109 cm³/mol. The fourth-order valence-electron chi connectivity index (χ4n) is 4.23. The molecule has 0 aliphatic carbocycles. The second-order valence-corrected chi connectivity index (χ2v) is 8.36. The number of hydrogen-bond acceptors (Lipinski definition) is 3. The Kier molecular flexibility index (Phi) is 5.54. The maximum atomic E-state index is 13.2. The van der Waals surface area contributed by atoms with Gasteiger partial charge in [0, 0.05) is 20.1 Å². The van der Waals surface area contributed by atoms with E-state index in [4.69, 9.17) is 23.2 Å².